The Kier molecular flexibility index (Phi) is 4.34. The van der Waals surface area contributed by atoms with E-state index in [4.69, 9.17) is 4.74 Å². The van der Waals surface area contributed by atoms with Gasteiger partial charge in [-0.3, -0.25) is 4.90 Å². The van der Waals surface area contributed by atoms with E-state index in [9.17, 15) is 9.90 Å². The molecule has 0 unspecified atom stereocenters. The van der Waals surface area contributed by atoms with Crippen molar-refractivity contribution in [2.45, 2.75) is 57.9 Å². The number of amides is 1. The molecule has 2 heterocycles. The number of likely N-dealkylation sites (tertiary alicyclic amines) is 1. The molecular formula is C19H28N2O3. The van der Waals surface area contributed by atoms with Gasteiger partial charge in [-0.25, -0.2) is 4.79 Å². The molecule has 0 atom stereocenters. The molecule has 0 aromatic heterocycles. The zero-order valence-corrected chi connectivity index (χ0v) is 15.1. The van der Waals surface area contributed by atoms with Crippen LogP contribution in [0.2, 0.25) is 0 Å². The quantitative estimate of drug-likeness (QED) is 0.859. The van der Waals surface area contributed by atoms with Gasteiger partial charge in [0.2, 0.25) is 0 Å². The van der Waals surface area contributed by atoms with E-state index in [1.807, 2.05) is 32.9 Å². The van der Waals surface area contributed by atoms with Gasteiger partial charge in [0.15, 0.2) is 0 Å². The summed E-state index contributed by atoms with van der Waals surface area (Å²) in [5, 5.41) is 11.0. The van der Waals surface area contributed by atoms with E-state index in [-0.39, 0.29) is 6.09 Å². The van der Waals surface area contributed by atoms with Crippen LogP contribution in [0.1, 0.15) is 50.3 Å². The third kappa shape index (κ3) is 3.57. The highest BCUT2D eigenvalue weighted by Gasteiger charge is 2.35. The van der Waals surface area contributed by atoms with Gasteiger partial charge < -0.3 is 14.7 Å². The number of rotatable bonds is 1. The number of carbonyl (C=O) groups is 1. The van der Waals surface area contributed by atoms with Crippen molar-refractivity contribution in [2.75, 3.05) is 20.1 Å². The minimum absolute atomic E-state index is 0.279. The number of nitrogens with zero attached hydrogens (tertiary/aromatic N) is 2. The fourth-order valence-electron chi connectivity index (χ4n) is 3.42. The number of benzene rings is 1. The number of hydrogen-bond donors (Lipinski definition) is 1. The molecule has 2 aliphatic heterocycles. The van der Waals surface area contributed by atoms with Crippen LogP contribution in [-0.2, 0) is 23.4 Å². The number of ether oxygens (including phenoxy) is 1. The molecule has 1 aromatic carbocycles. The van der Waals surface area contributed by atoms with Gasteiger partial charge in [-0.05, 0) is 57.4 Å². The Balaban J connectivity index is 1.73. The average molecular weight is 332 g/mol. The maximum absolute atomic E-state index is 12.3. The summed E-state index contributed by atoms with van der Waals surface area (Å²) in [7, 11) is 2.08. The van der Waals surface area contributed by atoms with Gasteiger partial charge in [-0.15, -0.1) is 0 Å². The van der Waals surface area contributed by atoms with Crippen molar-refractivity contribution in [3.8, 4) is 0 Å². The second-order valence-electron chi connectivity index (χ2n) is 8.15. The average Bonchev–Trinajstić information content (AvgIpc) is 2.92. The van der Waals surface area contributed by atoms with Crippen molar-refractivity contribution in [2.24, 2.45) is 0 Å². The standard InChI is InChI=1S/C19H28N2O3/c1-18(2,3)24-17(22)21-12-14-5-6-16(11-15(14)13-21)19(23)7-9-20(4)10-8-19/h5-6,11,23H,7-10,12-13H2,1-4H3. The van der Waals surface area contributed by atoms with Crippen LogP contribution in [0.4, 0.5) is 4.79 Å². The minimum atomic E-state index is -0.749. The van der Waals surface area contributed by atoms with Crippen LogP contribution in [0.5, 0.6) is 0 Å². The smallest absolute Gasteiger partial charge is 0.410 e. The molecule has 0 saturated carbocycles. The maximum atomic E-state index is 12.3. The summed E-state index contributed by atoms with van der Waals surface area (Å²) in [5.41, 5.74) is 1.99. The Morgan fingerprint density at radius 1 is 1.17 bits per heavy atom. The lowest BCUT2D eigenvalue weighted by molar-refractivity contribution is -0.0203. The first-order valence-electron chi connectivity index (χ1n) is 8.67. The van der Waals surface area contributed by atoms with E-state index in [1.165, 1.54) is 0 Å². The minimum Gasteiger partial charge on any atom is -0.444 e. The first-order valence-corrected chi connectivity index (χ1v) is 8.67. The SMILES string of the molecule is CN1CCC(O)(c2ccc3c(c2)CN(C(=O)OC(C)(C)C)C3)CC1. The van der Waals surface area contributed by atoms with Crippen molar-refractivity contribution >= 4 is 6.09 Å². The highest BCUT2D eigenvalue weighted by Crippen LogP contribution is 2.35. The highest BCUT2D eigenvalue weighted by molar-refractivity contribution is 5.69. The number of fused-ring (bicyclic) bond motifs is 1. The second-order valence-corrected chi connectivity index (χ2v) is 8.15. The molecule has 1 N–H and O–H groups in total. The first-order chi connectivity index (χ1) is 11.2. The molecule has 1 amide bonds. The van der Waals surface area contributed by atoms with E-state index in [0.717, 1.165) is 42.6 Å². The molecule has 5 heteroatoms. The fourth-order valence-corrected chi connectivity index (χ4v) is 3.42. The van der Waals surface area contributed by atoms with E-state index in [2.05, 4.69) is 18.0 Å². The van der Waals surface area contributed by atoms with E-state index in [0.29, 0.717) is 13.1 Å². The van der Waals surface area contributed by atoms with Gasteiger partial charge in [0.05, 0.1) is 5.60 Å². The lowest BCUT2D eigenvalue weighted by Gasteiger charge is -2.37. The van der Waals surface area contributed by atoms with Crippen molar-refractivity contribution < 1.29 is 14.6 Å². The molecule has 0 radical (unpaired) electrons. The van der Waals surface area contributed by atoms with Crippen LogP contribution >= 0.6 is 0 Å². The Morgan fingerprint density at radius 3 is 2.42 bits per heavy atom. The monoisotopic (exact) mass is 332 g/mol. The lowest BCUT2D eigenvalue weighted by Crippen LogP contribution is -2.40. The first kappa shape index (κ1) is 17.2. The molecule has 1 saturated heterocycles. The zero-order chi connectivity index (χ0) is 17.5. The van der Waals surface area contributed by atoms with Crippen LogP contribution in [0.15, 0.2) is 18.2 Å². The number of aliphatic hydroxyl groups is 1. The summed E-state index contributed by atoms with van der Waals surface area (Å²) >= 11 is 0. The number of hydrogen-bond acceptors (Lipinski definition) is 4. The molecule has 2 aliphatic rings. The van der Waals surface area contributed by atoms with Crippen LogP contribution < -0.4 is 0 Å². The normalized spacial score (nSPS) is 20.8. The molecule has 1 aromatic rings. The van der Waals surface area contributed by atoms with Gasteiger partial charge in [0, 0.05) is 26.2 Å². The van der Waals surface area contributed by atoms with Gasteiger partial charge >= 0.3 is 6.09 Å². The predicted molar refractivity (Wildman–Crippen MR) is 92.6 cm³/mol. The van der Waals surface area contributed by atoms with Crippen LogP contribution in [0.3, 0.4) is 0 Å². The number of piperidine rings is 1. The number of carbonyl (C=O) groups excluding carboxylic acids is 1. The van der Waals surface area contributed by atoms with E-state index < -0.39 is 11.2 Å². The molecule has 0 bridgehead atoms. The Labute approximate surface area is 144 Å². The molecule has 0 spiro atoms. The molecule has 3 rings (SSSR count). The molecule has 1 fully saturated rings. The third-order valence-electron chi connectivity index (χ3n) is 4.93. The Morgan fingerprint density at radius 2 is 1.79 bits per heavy atom. The highest BCUT2D eigenvalue weighted by atomic mass is 16.6. The summed E-state index contributed by atoms with van der Waals surface area (Å²) < 4.78 is 5.46. The molecule has 132 valence electrons. The van der Waals surface area contributed by atoms with Crippen molar-refractivity contribution in [1.82, 2.24) is 9.80 Å². The predicted octanol–water partition coefficient (Wildman–Crippen LogP) is 2.85. The van der Waals surface area contributed by atoms with Crippen molar-refractivity contribution in [3.63, 3.8) is 0 Å². The molecule has 5 nitrogen and oxygen atoms in total. The Bertz CT molecular complexity index is 628. The van der Waals surface area contributed by atoms with E-state index in [1.54, 1.807) is 4.90 Å². The summed E-state index contributed by atoms with van der Waals surface area (Å²) in [4.78, 5) is 16.2. The summed E-state index contributed by atoms with van der Waals surface area (Å²) in [6.07, 6.45) is 1.22. The summed E-state index contributed by atoms with van der Waals surface area (Å²) in [6, 6.07) is 6.14. The van der Waals surface area contributed by atoms with Crippen molar-refractivity contribution in [1.29, 1.82) is 0 Å². The van der Waals surface area contributed by atoms with Crippen LogP contribution in [0, 0.1) is 0 Å². The van der Waals surface area contributed by atoms with Gasteiger partial charge in [-0.1, -0.05) is 18.2 Å². The van der Waals surface area contributed by atoms with Gasteiger partial charge in [0.1, 0.15) is 5.60 Å². The maximum Gasteiger partial charge on any atom is 0.410 e. The van der Waals surface area contributed by atoms with Crippen LogP contribution in [-0.4, -0.2) is 46.7 Å². The molecule has 0 aliphatic carbocycles. The van der Waals surface area contributed by atoms with Gasteiger partial charge in [0.25, 0.3) is 0 Å². The van der Waals surface area contributed by atoms with Crippen molar-refractivity contribution in [3.05, 3.63) is 34.9 Å². The third-order valence-corrected chi connectivity index (χ3v) is 4.93. The topological polar surface area (TPSA) is 53.0 Å². The van der Waals surface area contributed by atoms with Gasteiger partial charge in [-0.2, -0.15) is 0 Å². The lowest BCUT2D eigenvalue weighted by atomic mass is 9.83. The second kappa shape index (κ2) is 6.05. The molecule has 24 heavy (non-hydrogen) atoms. The van der Waals surface area contributed by atoms with E-state index >= 15 is 0 Å². The zero-order valence-electron chi connectivity index (χ0n) is 15.1. The van der Waals surface area contributed by atoms with Crippen LogP contribution in [0.25, 0.3) is 0 Å². The summed E-state index contributed by atoms with van der Waals surface area (Å²) in [5.74, 6) is 0. The largest absolute Gasteiger partial charge is 0.444 e. The molecular weight excluding hydrogens is 304 g/mol. The Hall–Kier alpha value is -1.59. The summed E-state index contributed by atoms with van der Waals surface area (Å²) in [6.45, 7) is 8.56. The fraction of sp³-hybridized carbons (Fsp3) is 0.632.